The van der Waals surface area contributed by atoms with Crippen LogP contribution in [-0.4, -0.2) is 11.7 Å². The van der Waals surface area contributed by atoms with Crippen molar-refractivity contribution >= 4 is 0 Å². The number of aryl methyl sites for hydroxylation is 1. The van der Waals surface area contributed by atoms with E-state index in [0.717, 1.165) is 24.2 Å². The summed E-state index contributed by atoms with van der Waals surface area (Å²) in [5.74, 6) is 1.08. The summed E-state index contributed by atoms with van der Waals surface area (Å²) < 4.78 is 5.78. The first-order valence-electron chi connectivity index (χ1n) is 7.25. The predicted octanol–water partition coefficient (Wildman–Crippen LogP) is 3.53. The third-order valence-corrected chi connectivity index (χ3v) is 4.05. The van der Waals surface area contributed by atoms with Crippen LogP contribution in [0.1, 0.15) is 29.7 Å². The summed E-state index contributed by atoms with van der Waals surface area (Å²) in [7, 11) is 0. The minimum Gasteiger partial charge on any atom is -0.493 e. The molecular formula is C18H20O2. The van der Waals surface area contributed by atoms with Crippen LogP contribution in [0.15, 0.2) is 48.5 Å². The van der Waals surface area contributed by atoms with Crippen LogP contribution in [0.4, 0.5) is 0 Å². The molecular weight excluding hydrogens is 248 g/mol. The molecule has 0 saturated heterocycles. The maximum absolute atomic E-state index is 10.6. The first-order chi connectivity index (χ1) is 9.78. The van der Waals surface area contributed by atoms with E-state index in [-0.39, 0.29) is 5.92 Å². The van der Waals surface area contributed by atoms with Gasteiger partial charge in [-0.15, -0.1) is 0 Å². The highest BCUT2D eigenvalue weighted by Crippen LogP contribution is 2.33. The van der Waals surface area contributed by atoms with E-state index in [1.54, 1.807) is 0 Å². The molecule has 1 aliphatic rings. The van der Waals surface area contributed by atoms with Gasteiger partial charge in [0.1, 0.15) is 5.75 Å². The topological polar surface area (TPSA) is 29.5 Å². The van der Waals surface area contributed by atoms with Gasteiger partial charge in [0.2, 0.25) is 0 Å². The highest BCUT2D eigenvalue weighted by molar-refractivity contribution is 5.36. The van der Waals surface area contributed by atoms with Crippen LogP contribution in [0.25, 0.3) is 0 Å². The van der Waals surface area contributed by atoms with E-state index in [2.05, 4.69) is 25.1 Å². The van der Waals surface area contributed by atoms with Crippen molar-refractivity contribution in [2.45, 2.75) is 25.9 Å². The lowest BCUT2D eigenvalue weighted by molar-refractivity contribution is 0.0644. The van der Waals surface area contributed by atoms with Crippen LogP contribution >= 0.6 is 0 Å². The molecule has 20 heavy (non-hydrogen) atoms. The van der Waals surface area contributed by atoms with Crippen molar-refractivity contribution in [3.63, 3.8) is 0 Å². The van der Waals surface area contributed by atoms with E-state index in [4.69, 9.17) is 4.74 Å². The SMILES string of the molecule is CCc1cccc(C(O)C2COc3ccccc3C2)c1. The quantitative estimate of drug-likeness (QED) is 0.922. The highest BCUT2D eigenvalue weighted by atomic mass is 16.5. The number of hydrogen-bond donors (Lipinski definition) is 1. The largest absolute Gasteiger partial charge is 0.493 e. The van der Waals surface area contributed by atoms with Gasteiger partial charge in [-0.3, -0.25) is 0 Å². The van der Waals surface area contributed by atoms with Crippen LogP contribution < -0.4 is 4.74 Å². The lowest BCUT2D eigenvalue weighted by Crippen LogP contribution is -2.26. The lowest BCUT2D eigenvalue weighted by atomic mass is 9.88. The van der Waals surface area contributed by atoms with Crippen molar-refractivity contribution in [2.75, 3.05) is 6.61 Å². The average molecular weight is 268 g/mol. The van der Waals surface area contributed by atoms with Crippen molar-refractivity contribution in [2.24, 2.45) is 5.92 Å². The Kier molecular flexibility index (Phi) is 3.75. The van der Waals surface area contributed by atoms with Crippen LogP contribution in [0.5, 0.6) is 5.75 Å². The summed E-state index contributed by atoms with van der Waals surface area (Å²) in [4.78, 5) is 0. The monoisotopic (exact) mass is 268 g/mol. The zero-order valence-electron chi connectivity index (χ0n) is 11.8. The second-order valence-corrected chi connectivity index (χ2v) is 5.43. The van der Waals surface area contributed by atoms with Crippen LogP contribution in [0.3, 0.4) is 0 Å². The Labute approximate surface area is 120 Å². The number of fused-ring (bicyclic) bond motifs is 1. The molecule has 0 bridgehead atoms. The summed E-state index contributed by atoms with van der Waals surface area (Å²) in [5, 5.41) is 10.6. The number of ether oxygens (including phenoxy) is 1. The number of aliphatic hydroxyl groups excluding tert-OH is 1. The fourth-order valence-corrected chi connectivity index (χ4v) is 2.82. The summed E-state index contributed by atoms with van der Waals surface area (Å²) in [6.45, 7) is 2.71. The van der Waals surface area contributed by atoms with Gasteiger partial charge in [-0.1, -0.05) is 49.4 Å². The van der Waals surface area contributed by atoms with Crippen molar-refractivity contribution < 1.29 is 9.84 Å². The average Bonchev–Trinajstić information content (AvgIpc) is 2.53. The van der Waals surface area contributed by atoms with Gasteiger partial charge in [0.15, 0.2) is 0 Å². The first-order valence-corrected chi connectivity index (χ1v) is 7.25. The minimum atomic E-state index is -0.463. The van der Waals surface area contributed by atoms with Crippen LogP contribution in [0.2, 0.25) is 0 Å². The van der Waals surface area contributed by atoms with Gasteiger partial charge in [0.25, 0.3) is 0 Å². The molecule has 1 N–H and O–H groups in total. The van der Waals surface area contributed by atoms with E-state index >= 15 is 0 Å². The van der Waals surface area contributed by atoms with Crippen molar-refractivity contribution in [3.05, 3.63) is 65.2 Å². The normalized spacial score (nSPS) is 19.0. The molecule has 0 aliphatic carbocycles. The second kappa shape index (κ2) is 5.68. The molecule has 0 amide bonds. The molecule has 2 nitrogen and oxygen atoms in total. The summed E-state index contributed by atoms with van der Waals surface area (Å²) >= 11 is 0. The van der Waals surface area contributed by atoms with Crippen LogP contribution in [0, 0.1) is 5.92 Å². The van der Waals surface area contributed by atoms with Crippen LogP contribution in [-0.2, 0) is 12.8 Å². The Balaban J connectivity index is 1.80. The molecule has 1 aliphatic heterocycles. The predicted molar refractivity (Wildman–Crippen MR) is 79.9 cm³/mol. The van der Waals surface area contributed by atoms with Crippen molar-refractivity contribution in [1.82, 2.24) is 0 Å². The lowest BCUT2D eigenvalue weighted by Gasteiger charge is -2.29. The van der Waals surface area contributed by atoms with E-state index in [9.17, 15) is 5.11 Å². The first kappa shape index (κ1) is 13.2. The molecule has 0 spiro atoms. The maximum atomic E-state index is 10.6. The van der Waals surface area contributed by atoms with Gasteiger partial charge < -0.3 is 9.84 Å². The number of para-hydroxylation sites is 1. The zero-order chi connectivity index (χ0) is 13.9. The van der Waals surface area contributed by atoms with Crippen molar-refractivity contribution in [1.29, 1.82) is 0 Å². The highest BCUT2D eigenvalue weighted by Gasteiger charge is 2.27. The van der Waals surface area contributed by atoms with E-state index in [1.165, 1.54) is 11.1 Å². The Bertz CT molecular complexity index is 591. The van der Waals surface area contributed by atoms with Gasteiger partial charge in [0.05, 0.1) is 12.7 Å². The molecule has 104 valence electrons. The Morgan fingerprint density at radius 3 is 2.90 bits per heavy atom. The number of benzene rings is 2. The van der Waals surface area contributed by atoms with Gasteiger partial charge in [-0.05, 0) is 35.6 Å². The molecule has 0 aromatic heterocycles. The van der Waals surface area contributed by atoms with E-state index < -0.39 is 6.10 Å². The van der Waals surface area contributed by atoms with Crippen molar-refractivity contribution in [3.8, 4) is 5.75 Å². The Morgan fingerprint density at radius 1 is 1.20 bits per heavy atom. The summed E-state index contributed by atoms with van der Waals surface area (Å²) in [6, 6.07) is 16.3. The molecule has 2 unspecified atom stereocenters. The molecule has 2 atom stereocenters. The molecule has 2 heteroatoms. The van der Waals surface area contributed by atoms with Gasteiger partial charge in [-0.25, -0.2) is 0 Å². The third kappa shape index (κ3) is 2.56. The van der Waals surface area contributed by atoms with Gasteiger partial charge in [0, 0.05) is 5.92 Å². The number of hydrogen-bond acceptors (Lipinski definition) is 2. The summed E-state index contributed by atoms with van der Waals surface area (Å²) in [5.41, 5.74) is 3.45. The molecule has 2 aromatic carbocycles. The third-order valence-electron chi connectivity index (χ3n) is 4.05. The Hall–Kier alpha value is -1.80. The molecule has 1 heterocycles. The molecule has 2 aromatic rings. The number of rotatable bonds is 3. The molecule has 0 saturated carbocycles. The minimum absolute atomic E-state index is 0.122. The van der Waals surface area contributed by atoms with E-state index in [0.29, 0.717) is 6.61 Å². The molecule has 0 radical (unpaired) electrons. The fraction of sp³-hybridized carbons (Fsp3) is 0.333. The standard InChI is InChI=1S/C18H20O2/c1-2-13-6-5-8-15(10-13)18(19)16-11-14-7-3-4-9-17(14)20-12-16/h3-10,16,18-19H,2,11-12H2,1H3. The van der Waals surface area contributed by atoms with Gasteiger partial charge in [-0.2, -0.15) is 0 Å². The van der Waals surface area contributed by atoms with E-state index in [1.807, 2.05) is 30.3 Å². The smallest absolute Gasteiger partial charge is 0.122 e. The van der Waals surface area contributed by atoms with Gasteiger partial charge >= 0.3 is 0 Å². The number of aliphatic hydroxyl groups is 1. The summed E-state index contributed by atoms with van der Waals surface area (Å²) in [6.07, 6.45) is 1.40. The molecule has 3 rings (SSSR count). The zero-order valence-corrected chi connectivity index (χ0v) is 11.8. The Morgan fingerprint density at radius 2 is 2.05 bits per heavy atom. The second-order valence-electron chi connectivity index (χ2n) is 5.43. The fourth-order valence-electron chi connectivity index (χ4n) is 2.82. The maximum Gasteiger partial charge on any atom is 0.122 e. The molecule has 0 fully saturated rings.